The first kappa shape index (κ1) is 19.5. The van der Waals surface area contributed by atoms with Crippen LogP contribution in [0.4, 0.5) is 4.79 Å². The predicted molar refractivity (Wildman–Crippen MR) is 93.6 cm³/mol. The maximum absolute atomic E-state index is 12.6. The summed E-state index contributed by atoms with van der Waals surface area (Å²) in [5.41, 5.74) is 0.632. The second kappa shape index (κ2) is 7.41. The summed E-state index contributed by atoms with van der Waals surface area (Å²) < 4.78 is 5.77. The quantitative estimate of drug-likeness (QED) is 0.519. The highest BCUT2D eigenvalue weighted by molar-refractivity contribution is 6.08. The van der Waals surface area contributed by atoms with Crippen LogP contribution in [0.25, 0.3) is 0 Å². The minimum atomic E-state index is -0.980. The zero-order valence-corrected chi connectivity index (χ0v) is 15.6. The zero-order valence-electron chi connectivity index (χ0n) is 15.6. The van der Waals surface area contributed by atoms with E-state index in [1.165, 1.54) is 13.1 Å². The highest BCUT2D eigenvalue weighted by Crippen LogP contribution is 2.35. The van der Waals surface area contributed by atoms with E-state index in [-0.39, 0.29) is 5.69 Å². The monoisotopic (exact) mass is 391 g/mol. The molecular formula is C17H21N5O6. The SMILES string of the molecule is CC1CCC2(CC1)NC(=O)N(NC(=O)COC(=O)c1ccc(=O)n(C)n1)C2=O. The lowest BCUT2D eigenvalue weighted by Crippen LogP contribution is -2.52. The Bertz CT molecular complexity index is 886. The third kappa shape index (κ3) is 3.73. The van der Waals surface area contributed by atoms with Gasteiger partial charge in [0, 0.05) is 13.1 Å². The molecule has 0 bridgehead atoms. The molecule has 4 amide bonds. The van der Waals surface area contributed by atoms with Gasteiger partial charge in [-0.1, -0.05) is 6.92 Å². The number of hydrazine groups is 1. The first-order valence-corrected chi connectivity index (χ1v) is 8.89. The summed E-state index contributed by atoms with van der Waals surface area (Å²) in [7, 11) is 1.37. The van der Waals surface area contributed by atoms with Crippen molar-refractivity contribution >= 4 is 23.8 Å². The van der Waals surface area contributed by atoms with E-state index in [4.69, 9.17) is 4.74 Å². The molecule has 1 saturated heterocycles. The lowest BCUT2D eigenvalue weighted by atomic mass is 9.77. The van der Waals surface area contributed by atoms with Gasteiger partial charge in [-0.25, -0.2) is 14.3 Å². The molecule has 2 fully saturated rings. The number of nitrogens with zero attached hydrogens (tertiary/aromatic N) is 3. The highest BCUT2D eigenvalue weighted by atomic mass is 16.5. The third-order valence-corrected chi connectivity index (χ3v) is 5.03. The van der Waals surface area contributed by atoms with Gasteiger partial charge < -0.3 is 10.1 Å². The van der Waals surface area contributed by atoms with Gasteiger partial charge in [0.1, 0.15) is 5.54 Å². The van der Waals surface area contributed by atoms with Crippen LogP contribution >= 0.6 is 0 Å². The number of aromatic nitrogens is 2. The Balaban J connectivity index is 1.56. The van der Waals surface area contributed by atoms with E-state index in [1.54, 1.807) is 0 Å². The molecule has 1 aliphatic carbocycles. The molecule has 2 aliphatic rings. The number of carbonyl (C=O) groups is 4. The van der Waals surface area contributed by atoms with E-state index in [0.717, 1.165) is 23.6 Å². The molecule has 11 heteroatoms. The van der Waals surface area contributed by atoms with Crippen LogP contribution in [-0.4, -0.2) is 50.7 Å². The Morgan fingerprint density at radius 2 is 1.96 bits per heavy atom. The van der Waals surface area contributed by atoms with E-state index >= 15 is 0 Å². The largest absolute Gasteiger partial charge is 0.451 e. The van der Waals surface area contributed by atoms with Crippen LogP contribution in [0.5, 0.6) is 0 Å². The van der Waals surface area contributed by atoms with Crippen LogP contribution in [0.3, 0.4) is 0 Å². The molecule has 0 aromatic carbocycles. The van der Waals surface area contributed by atoms with E-state index in [9.17, 15) is 24.0 Å². The van der Waals surface area contributed by atoms with Crippen molar-refractivity contribution in [2.24, 2.45) is 13.0 Å². The number of hydrogen-bond donors (Lipinski definition) is 2. The lowest BCUT2D eigenvalue weighted by Gasteiger charge is -2.33. The maximum atomic E-state index is 12.6. The summed E-state index contributed by atoms with van der Waals surface area (Å²) in [6, 6.07) is 1.61. The van der Waals surface area contributed by atoms with Crippen LogP contribution in [-0.2, 0) is 21.4 Å². The fourth-order valence-corrected chi connectivity index (χ4v) is 3.29. The summed E-state index contributed by atoms with van der Waals surface area (Å²) in [5, 5.41) is 7.02. The second-order valence-corrected chi connectivity index (χ2v) is 7.13. The number of amides is 4. The van der Waals surface area contributed by atoms with Gasteiger partial charge in [-0.2, -0.15) is 10.1 Å². The number of ether oxygens (including phenoxy) is 1. The maximum Gasteiger partial charge on any atom is 0.359 e. The standard InChI is InChI=1S/C17H21N5O6/c1-10-5-7-17(8-6-10)15(26)22(16(27)18-17)20-12(23)9-28-14(25)11-3-4-13(24)21(2)19-11/h3-4,10H,5-9H2,1-2H3,(H,18,27)(H,20,23). The molecule has 28 heavy (non-hydrogen) atoms. The van der Waals surface area contributed by atoms with Crippen LogP contribution in [0.15, 0.2) is 16.9 Å². The van der Waals surface area contributed by atoms with Crippen molar-refractivity contribution in [3.63, 3.8) is 0 Å². The molecule has 1 aliphatic heterocycles. The van der Waals surface area contributed by atoms with E-state index in [0.29, 0.717) is 23.8 Å². The number of rotatable bonds is 4. The highest BCUT2D eigenvalue weighted by Gasteiger charge is 2.52. The Morgan fingerprint density at radius 3 is 2.61 bits per heavy atom. The van der Waals surface area contributed by atoms with Crippen molar-refractivity contribution < 1.29 is 23.9 Å². The normalized spacial score (nSPS) is 24.2. The van der Waals surface area contributed by atoms with Crippen molar-refractivity contribution in [1.29, 1.82) is 0 Å². The van der Waals surface area contributed by atoms with Crippen molar-refractivity contribution in [2.75, 3.05) is 6.61 Å². The number of nitrogens with one attached hydrogen (secondary N) is 2. The molecule has 2 heterocycles. The van der Waals surface area contributed by atoms with Gasteiger partial charge in [-0.05, 0) is 37.7 Å². The Kier molecular flexibility index (Phi) is 5.16. The van der Waals surface area contributed by atoms with E-state index in [2.05, 4.69) is 22.8 Å². The third-order valence-electron chi connectivity index (χ3n) is 5.03. The molecule has 3 rings (SSSR count). The van der Waals surface area contributed by atoms with Gasteiger partial charge in [-0.15, -0.1) is 0 Å². The smallest absolute Gasteiger partial charge is 0.359 e. The van der Waals surface area contributed by atoms with E-state index < -0.39 is 41.5 Å². The average Bonchev–Trinajstić information content (AvgIpc) is 2.89. The van der Waals surface area contributed by atoms with Gasteiger partial charge in [0.25, 0.3) is 17.4 Å². The van der Waals surface area contributed by atoms with Crippen molar-refractivity contribution in [1.82, 2.24) is 25.5 Å². The summed E-state index contributed by atoms with van der Waals surface area (Å²) in [4.78, 5) is 60.0. The van der Waals surface area contributed by atoms with Crippen LogP contribution in [0.2, 0.25) is 0 Å². The van der Waals surface area contributed by atoms with Gasteiger partial charge in [0.2, 0.25) is 0 Å². The zero-order chi connectivity index (χ0) is 20.5. The van der Waals surface area contributed by atoms with Crippen molar-refractivity contribution in [2.45, 2.75) is 38.1 Å². The van der Waals surface area contributed by atoms with Gasteiger partial charge in [-0.3, -0.25) is 19.8 Å². The first-order chi connectivity index (χ1) is 13.2. The molecule has 2 N–H and O–H groups in total. The number of hydrogen-bond acceptors (Lipinski definition) is 7. The molecule has 1 saturated carbocycles. The topological polar surface area (TPSA) is 140 Å². The number of urea groups is 1. The molecule has 1 aromatic heterocycles. The van der Waals surface area contributed by atoms with Crippen LogP contribution in [0.1, 0.15) is 43.1 Å². The lowest BCUT2D eigenvalue weighted by molar-refractivity contribution is -0.141. The second-order valence-electron chi connectivity index (χ2n) is 7.13. The van der Waals surface area contributed by atoms with Crippen LogP contribution < -0.4 is 16.3 Å². The van der Waals surface area contributed by atoms with E-state index in [1.807, 2.05) is 0 Å². The average molecular weight is 391 g/mol. The van der Waals surface area contributed by atoms with Crippen molar-refractivity contribution in [3.8, 4) is 0 Å². The molecule has 1 spiro atoms. The van der Waals surface area contributed by atoms with Crippen molar-refractivity contribution in [3.05, 3.63) is 28.2 Å². The van der Waals surface area contributed by atoms with Gasteiger partial charge in [0.05, 0.1) is 0 Å². The first-order valence-electron chi connectivity index (χ1n) is 8.89. The summed E-state index contributed by atoms with van der Waals surface area (Å²) in [5.74, 6) is -1.79. The minimum absolute atomic E-state index is 0.153. The molecule has 11 nitrogen and oxygen atoms in total. The summed E-state index contributed by atoms with van der Waals surface area (Å²) in [6.45, 7) is 1.37. The Morgan fingerprint density at radius 1 is 1.29 bits per heavy atom. The van der Waals surface area contributed by atoms with Crippen LogP contribution in [0, 0.1) is 5.92 Å². The molecule has 0 atom stereocenters. The Hall–Kier alpha value is -3.24. The number of esters is 1. The molecule has 150 valence electrons. The van der Waals surface area contributed by atoms with Gasteiger partial charge >= 0.3 is 12.0 Å². The molecule has 0 radical (unpaired) electrons. The summed E-state index contributed by atoms with van der Waals surface area (Å²) in [6.07, 6.45) is 2.63. The Labute approximate surface area is 160 Å². The molecule has 1 aromatic rings. The number of imide groups is 1. The minimum Gasteiger partial charge on any atom is -0.451 e. The summed E-state index contributed by atoms with van der Waals surface area (Å²) >= 11 is 0. The predicted octanol–water partition coefficient (Wildman–Crippen LogP) is -0.531. The molecule has 0 unspecified atom stereocenters. The fraction of sp³-hybridized carbons (Fsp3) is 0.529. The fourth-order valence-electron chi connectivity index (χ4n) is 3.29. The van der Waals surface area contributed by atoms with Gasteiger partial charge in [0.15, 0.2) is 12.3 Å². The molecular weight excluding hydrogens is 370 g/mol. The number of aryl methyl sites for hydroxylation is 1. The number of carbonyl (C=O) groups excluding carboxylic acids is 4.